The van der Waals surface area contributed by atoms with Crippen molar-refractivity contribution >= 4 is 209 Å². The Balaban J connectivity index is 0.000000219. The van der Waals surface area contributed by atoms with Gasteiger partial charge in [0.25, 0.3) is 0 Å². The number of hydrogen-bond acceptors (Lipinski definition) is 12. The second kappa shape index (κ2) is 41.2. The van der Waals surface area contributed by atoms with Gasteiger partial charge in [-0.2, -0.15) is 18.4 Å². The molecular weight excluding hydrogens is 1710 g/mol. The Hall–Kier alpha value is -9.61. The van der Waals surface area contributed by atoms with Crippen molar-refractivity contribution in [2.75, 3.05) is 47.9 Å². The highest BCUT2D eigenvalue weighted by molar-refractivity contribution is 6.40. The van der Waals surface area contributed by atoms with Gasteiger partial charge >= 0.3 is 42.7 Å². The van der Waals surface area contributed by atoms with Crippen molar-refractivity contribution in [3.8, 4) is 40.6 Å². The SMILES string of the molecule is Cc1c(Cl)cc(NC(=O)NC2CCCCC2)c(O)c1Cl.Cc1c(Cl)cc(NC(=O)Nc2ccc(C#N)cc2)c(O)c1Cl.Cc1c(Cl)cc(NC(=O)Nc2ccc(C(F)(F)F)cc2)c(O)c1Cl.Cc1c(Cl)cc(NC(=O)Nc2ccc(Cl)cc2)c(O)c1Cl.Cc1c(Cl)cc(NC(=O)Nc2ccc(OC(F)(F)F)cc2)c(O)c1Cl. The molecule has 10 rings (SSSR count). The number of amides is 10. The number of carbonyl (C=O) groups is 5. The van der Waals surface area contributed by atoms with Crippen molar-refractivity contribution in [2.24, 2.45) is 0 Å². The van der Waals surface area contributed by atoms with E-state index in [4.69, 9.17) is 133 Å². The van der Waals surface area contributed by atoms with Crippen LogP contribution in [0.15, 0.2) is 127 Å². The average molecular weight is 1770 g/mol. The lowest BCUT2D eigenvalue weighted by molar-refractivity contribution is -0.274. The molecule has 9 aromatic carbocycles. The maximum Gasteiger partial charge on any atom is 0.573 e. The zero-order valence-electron chi connectivity index (χ0n) is 58.3. The molecule has 0 atom stereocenters. The number of phenolic OH excluding ortho intramolecular Hbond substituents is 5. The van der Waals surface area contributed by atoms with Gasteiger partial charge in [0.15, 0.2) is 28.7 Å². The van der Waals surface area contributed by atoms with Gasteiger partial charge in [0.2, 0.25) is 0 Å². The molecule has 0 aromatic heterocycles. The summed E-state index contributed by atoms with van der Waals surface area (Å²) in [5.41, 5.74) is 4.02. The topological polar surface area (TPSA) is 340 Å². The molecule has 0 saturated heterocycles. The summed E-state index contributed by atoms with van der Waals surface area (Å²) in [5, 5.41) is 85.7. The van der Waals surface area contributed by atoms with Gasteiger partial charge in [-0.05, 0) is 203 Å². The number of anilines is 9. The minimum atomic E-state index is -4.80. The third-order valence-electron chi connectivity index (χ3n) is 15.5. The van der Waals surface area contributed by atoms with Gasteiger partial charge < -0.3 is 83.4 Å². The van der Waals surface area contributed by atoms with E-state index in [1.165, 1.54) is 48.9 Å². The van der Waals surface area contributed by atoms with E-state index in [1.54, 1.807) is 83.1 Å². The van der Waals surface area contributed by atoms with Crippen LogP contribution >= 0.6 is 128 Å². The first-order valence-electron chi connectivity index (χ1n) is 32.0. The van der Waals surface area contributed by atoms with Gasteiger partial charge in [0, 0.05) is 58.9 Å². The summed E-state index contributed by atoms with van der Waals surface area (Å²) in [6.07, 6.45) is -3.76. The summed E-state index contributed by atoms with van der Waals surface area (Å²) in [6, 6.07) is 27.5. The van der Waals surface area contributed by atoms with Crippen molar-refractivity contribution in [1.29, 1.82) is 5.26 Å². The molecule has 0 radical (unpaired) electrons. The summed E-state index contributed by atoms with van der Waals surface area (Å²) in [4.78, 5) is 59.5. The van der Waals surface area contributed by atoms with E-state index in [9.17, 15) is 75.8 Å². The molecule has 15 N–H and O–H groups in total. The number of benzene rings is 9. The van der Waals surface area contributed by atoms with Gasteiger partial charge in [-0.3, -0.25) is 0 Å². The Bertz CT molecular complexity index is 4970. The van der Waals surface area contributed by atoms with E-state index in [0.717, 1.165) is 62.1 Å². The molecule has 1 aliphatic carbocycles. The number of ether oxygens (including phenoxy) is 1. The van der Waals surface area contributed by atoms with Crippen LogP contribution in [0.5, 0.6) is 34.5 Å². The number of urea groups is 5. The Labute approximate surface area is 690 Å². The van der Waals surface area contributed by atoms with E-state index in [0.29, 0.717) is 64.8 Å². The van der Waals surface area contributed by atoms with Crippen molar-refractivity contribution in [3.05, 3.63) is 222 Å². The average Bonchev–Trinajstić information content (AvgIpc) is 0.840. The highest BCUT2D eigenvalue weighted by atomic mass is 35.5. The molecule has 0 bridgehead atoms. The second-order valence-corrected chi connectivity index (χ2v) is 27.9. The first kappa shape index (κ1) is 91.3. The minimum absolute atomic E-state index is 0.00328. The highest BCUT2D eigenvalue weighted by Crippen LogP contribution is 2.44. The lowest BCUT2D eigenvalue weighted by Gasteiger charge is -2.23. The third kappa shape index (κ3) is 27.1. The molecule has 1 fully saturated rings. The molecule has 22 nitrogen and oxygen atoms in total. The fourth-order valence-electron chi connectivity index (χ4n) is 9.37. The van der Waals surface area contributed by atoms with Crippen LogP contribution in [0, 0.1) is 45.9 Å². The van der Waals surface area contributed by atoms with Crippen LogP contribution in [-0.2, 0) is 6.18 Å². The number of rotatable bonds is 11. The predicted molar refractivity (Wildman–Crippen MR) is 431 cm³/mol. The number of halogens is 17. The van der Waals surface area contributed by atoms with Gasteiger partial charge in [0.05, 0.1) is 70.7 Å². The summed E-state index contributed by atoms with van der Waals surface area (Å²) >= 11 is 65.1. The Morgan fingerprint density at radius 3 is 0.911 bits per heavy atom. The summed E-state index contributed by atoms with van der Waals surface area (Å²) in [7, 11) is 0. The first-order chi connectivity index (χ1) is 52.4. The van der Waals surface area contributed by atoms with Gasteiger partial charge in [-0.15, -0.1) is 13.2 Å². The lowest BCUT2D eigenvalue weighted by Crippen LogP contribution is -2.39. The van der Waals surface area contributed by atoms with E-state index in [1.807, 2.05) is 6.07 Å². The molecule has 1 saturated carbocycles. The quantitative estimate of drug-likeness (QED) is 0.0424. The van der Waals surface area contributed by atoms with E-state index in [-0.39, 0.29) is 116 Å². The molecule has 10 amide bonds. The van der Waals surface area contributed by atoms with E-state index in [2.05, 4.69) is 57.9 Å². The van der Waals surface area contributed by atoms with Crippen molar-refractivity contribution in [2.45, 2.75) is 85.3 Å². The molecule has 594 valence electrons. The molecule has 0 unspecified atom stereocenters. The maximum atomic E-state index is 12.5. The van der Waals surface area contributed by atoms with Crippen LogP contribution in [-0.4, -0.2) is 68.1 Å². The Morgan fingerprint density at radius 2 is 0.643 bits per heavy atom. The maximum absolute atomic E-state index is 12.5. The molecule has 0 aliphatic heterocycles. The van der Waals surface area contributed by atoms with E-state index < -0.39 is 48.0 Å². The van der Waals surface area contributed by atoms with Crippen LogP contribution in [0.1, 0.15) is 71.0 Å². The van der Waals surface area contributed by atoms with Crippen LogP contribution < -0.4 is 57.9 Å². The zero-order valence-corrected chi connectivity index (χ0v) is 66.6. The van der Waals surface area contributed by atoms with Crippen molar-refractivity contribution in [1.82, 2.24) is 5.32 Å². The summed E-state index contributed by atoms with van der Waals surface area (Å²) in [6.45, 7) is 8.22. The predicted octanol–water partition coefficient (Wildman–Crippen LogP) is 25.5. The number of alkyl halides is 6. The molecule has 1 aliphatic rings. The Morgan fingerprint density at radius 1 is 0.384 bits per heavy atom. The number of hydrogen-bond donors (Lipinski definition) is 15. The number of carbonyl (C=O) groups excluding carboxylic acids is 5. The van der Waals surface area contributed by atoms with Crippen LogP contribution in [0.2, 0.25) is 55.2 Å². The van der Waals surface area contributed by atoms with Crippen LogP contribution in [0.25, 0.3) is 0 Å². The minimum Gasteiger partial charge on any atom is -0.504 e. The number of aromatic hydroxyl groups is 5. The summed E-state index contributed by atoms with van der Waals surface area (Å²) < 4.78 is 77.4. The number of nitriles is 1. The van der Waals surface area contributed by atoms with Crippen molar-refractivity contribution in [3.63, 3.8) is 0 Å². The molecule has 0 heterocycles. The molecule has 9 aromatic rings. The largest absolute Gasteiger partial charge is 0.573 e. The number of nitrogens with one attached hydrogen (secondary N) is 10. The number of nitrogens with zero attached hydrogens (tertiary/aromatic N) is 1. The first-order valence-corrected chi connectivity index (χ1v) is 36.2. The smallest absolute Gasteiger partial charge is 0.504 e. The fourth-order valence-corrected chi connectivity index (χ4v) is 11.8. The standard InChI is InChI=1S/C15H11Cl2F3N2O3.C15H11Cl2F3N2O2.C15H11Cl2N3O2.C14H11Cl3N2O2.C14H18Cl2N2O2/c1-7-10(16)6-11(13(23)12(7)17)22-14(24)21-8-2-4-9(5-3-8)25-15(18,19)20;1-7-10(16)6-11(13(23)12(7)17)22-14(24)21-9-4-2-8(3-5-9)15(18,19)20;1-8-11(16)6-12(14(21)13(8)17)20-15(22)19-10-4-2-9(7-18)3-5-10;1-7-10(16)6-11(13(20)12(7)17)19-14(21)18-9-4-2-8(15)3-5-9;1-8-10(15)7-11(13(19)12(8)16)18-14(20)17-9-5-3-2-4-6-9/h2-6,23H,1H3,(H2,21,22,24);2-6,23H,1H3,(H2,21,22,24);2-6,21H,1H3,(H2,19,20,22);2-6,20H,1H3,(H2,18,19,21);7,9,19H,2-6H2,1H3,(H2,17,18,20). The highest BCUT2D eigenvalue weighted by Gasteiger charge is 2.32. The Kier molecular flexibility index (Phi) is 33.6. The van der Waals surface area contributed by atoms with Crippen molar-refractivity contribution < 1.29 is 80.6 Å². The monoisotopic (exact) mass is 1770 g/mol. The molecule has 0 spiro atoms. The lowest BCUT2D eigenvalue weighted by atomic mass is 9.96. The van der Waals surface area contributed by atoms with Crippen LogP contribution in [0.4, 0.5) is 102 Å². The molecule has 39 heteroatoms. The summed E-state index contributed by atoms with van der Waals surface area (Å²) in [5.74, 6) is -1.78. The normalized spacial score (nSPS) is 11.6. The third-order valence-corrected chi connectivity index (χ3v) is 20.0. The van der Waals surface area contributed by atoms with Crippen LogP contribution in [0.3, 0.4) is 0 Å². The van der Waals surface area contributed by atoms with E-state index >= 15 is 0 Å². The zero-order chi connectivity index (χ0) is 83.4. The van der Waals surface area contributed by atoms with Gasteiger partial charge in [-0.1, -0.05) is 147 Å². The van der Waals surface area contributed by atoms with Gasteiger partial charge in [-0.25, -0.2) is 24.0 Å². The van der Waals surface area contributed by atoms with Gasteiger partial charge in [0.1, 0.15) is 5.75 Å². The molecule has 112 heavy (non-hydrogen) atoms. The fraction of sp³-hybridized carbons (Fsp3) is 0.178. The number of phenols is 5. The molecular formula is C73H62Cl11F6N11O11. The second-order valence-electron chi connectivity index (χ2n) is 23.6.